The van der Waals surface area contributed by atoms with Crippen molar-refractivity contribution in [3.8, 4) is 5.75 Å². The summed E-state index contributed by atoms with van der Waals surface area (Å²) in [6.45, 7) is 1.53. The van der Waals surface area contributed by atoms with Gasteiger partial charge < -0.3 is 19.9 Å². The Bertz CT molecular complexity index is 1460. The largest absolute Gasteiger partial charge is 0.503 e. The van der Waals surface area contributed by atoms with Crippen LogP contribution in [0.3, 0.4) is 0 Å². The van der Waals surface area contributed by atoms with E-state index in [0.29, 0.717) is 6.42 Å². The minimum absolute atomic E-state index is 0.0825. The van der Waals surface area contributed by atoms with Crippen molar-refractivity contribution in [2.45, 2.75) is 44.6 Å². The SMILES string of the molecule is C[C@H]1CN(S(C)(=O)=O)C2C3CCc4c(C(=O)NCc5cccc(Cl)c5F)c(=O)c(O)c(n43)C(=O)N21. The highest BCUT2D eigenvalue weighted by molar-refractivity contribution is 7.88. The van der Waals surface area contributed by atoms with Gasteiger partial charge in [0.1, 0.15) is 17.5 Å². The van der Waals surface area contributed by atoms with E-state index in [1.807, 2.05) is 0 Å². The zero-order valence-electron chi connectivity index (χ0n) is 18.8. The molecule has 3 atom stereocenters. The van der Waals surface area contributed by atoms with Crippen LogP contribution in [0.2, 0.25) is 5.02 Å². The summed E-state index contributed by atoms with van der Waals surface area (Å²) in [7, 11) is -3.67. The summed E-state index contributed by atoms with van der Waals surface area (Å²) < 4.78 is 41.9. The molecule has 3 aliphatic rings. The summed E-state index contributed by atoms with van der Waals surface area (Å²) in [6.07, 6.45) is 0.798. The molecule has 2 unspecified atom stereocenters. The first-order valence-corrected chi connectivity index (χ1v) is 13.2. The van der Waals surface area contributed by atoms with Crippen molar-refractivity contribution in [1.82, 2.24) is 19.1 Å². The standard InChI is InChI=1S/C22H22ClFN4O6S/c1-10-9-26(35(2,33)34)21-14-7-6-13-15(18(29)19(30)17(28(13)14)22(32)27(10)21)20(31)25-8-11-4-3-5-12(23)16(11)24/h3-5,10,14,21,30H,6-9H2,1-2H3,(H,25,31)/t10-,14?,21?/m0/s1. The van der Waals surface area contributed by atoms with Crippen molar-refractivity contribution in [3.05, 3.63) is 61.8 Å². The number of fused-ring (bicyclic) bond motifs is 2. The lowest BCUT2D eigenvalue weighted by molar-refractivity contribution is 0.0452. The van der Waals surface area contributed by atoms with Gasteiger partial charge in [-0.15, -0.1) is 0 Å². The zero-order chi connectivity index (χ0) is 25.4. The summed E-state index contributed by atoms with van der Waals surface area (Å²) in [5.74, 6) is -3.08. The number of halogens is 2. The molecule has 3 aliphatic heterocycles. The van der Waals surface area contributed by atoms with Crippen molar-refractivity contribution in [1.29, 1.82) is 0 Å². The molecule has 2 N–H and O–H groups in total. The summed E-state index contributed by atoms with van der Waals surface area (Å²) in [6, 6.07) is 3.26. The molecule has 0 radical (unpaired) electrons. The second-order valence-corrected chi connectivity index (χ2v) is 11.4. The number of carbonyl (C=O) groups excluding carboxylic acids is 2. The van der Waals surface area contributed by atoms with Crippen LogP contribution in [-0.4, -0.2) is 64.1 Å². The predicted molar refractivity (Wildman–Crippen MR) is 123 cm³/mol. The first-order chi connectivity index (χ1) is 16.4. The van der Waals surface area contributed by atoms with E-state index >= 15 is 0 Å². The summed E-state index contributed by atoms with van der Waals surface area (Å²) in [4.78, 5) is 40.9. The van der Waals surface area contributed by atoms with E-state index in [2.05, 4.69) is 5.32 Å². The number of rotatable bonds is 4. The molecule has 2 aromatic rings. The lowest BCUT2D eigenvalue weighted by Crippen LogP contribution is -2.54. The Balaban J connectivity index is 1.58. The average molecular weight is 525 g/mol. The van der Waals surface area contributed by atoms with E-state index in [9.17, 15) is 32.3 Å². The third-order valence-corrected chi connectivity index (χ3v) is 8.41. The molecule has 13 heteroatoms. The van der Waals surface area contributed by atoms with E-state index in [0.717, 1.165) is 6.26 Å². The van der Waals surface area contributed by atoms with Crippen LogP contribution in [0, 0.1) is 5.82 Å². The van der Waals surface area contributed by atoms with Crippen molar-refractivity contribution in [2.24, 2.45) is 0 Å². The molecule has 0 bridgehead atoms. The summed E-state index contributed by atoms with van der Waals surface area (Å²) in [5.41, 5.74) is -1.26. The molecule has 0 spiro atoms. The first-order valence-electron chi connectivity index (χ1n) is 10.9. The molecule has 10 nitrogen and oxygen atoms in total. The quantitative estimate of drug-likeness (QED) is 0.618. The third kappa shape index (κ3) is 3.46. The second-order valence-electron chi connectivity index (χ2n) is 9.03. The lowest BCUT2D eigenvalue weighted by Gasteiger charge is -2.41. The monoisotopic (exact) mass is 524 g/mol. The highest BCUT2D eigenvalue weighted by Gasteiger charge is 2.55. The Hall–Kier alpha value is -2.96. The Labute approximate surface area is 204 Å². The van der Waals surface area contributed by atoms with Crippen LogP contribution in [0.5, 0.6) is 5.75 Å². The van der Waals surface area contributed by atoms with E-state index in [4.69, 9.17) is 11.6 Å². The van der Waals surface area contributed by atoms with E-state index in [-0.39, 0.29) is 47.0 Å². The fourth-order valence-corrected chi connectivity index (χ4v) is 6.74. The van der Waals surface area contributed by atoms with Gasteiger partial charge in [0.2, 0.25) is 15.5 Å². The lowest BCUT2D eigenvalue weighted by atomic mass is 10.1. The van der Waals surface area contributed by atoms with Gasteiger partial charge in [-0.25, -0.2) is 12.8 Å². The maximum absolute atomic E-state index is 14.2. The van der Waals surface area contributed by atoms with Crippen molar-refractivity contribution in [2.75, 3.05) is 12.8 Å². The van der Waals surface area contributed by atoms with Gasteiger partial charge in [0, 0.05) is 30.4 Å². The van der Waals surface area contributed by atoms with Crippen LogP contribution in [0.25, 0.3) is 0 Å². The van der Waals surface area contributed by atoms with Gasteiger partial charge in [0.25, 0.3) is 11.8 Å². The van der Waals surface area contributed by atoms with Crippen molar-refractivity contribution in [3.63, 3.8) is 0 Å². The van der Waals surface area contributed by atoms with Crippen LogP contribution in [0.15, 0.2) is 23.0 Å². The highest BCUT2D eigenvalue weighted by Crippen LogP contribution is 2.45. The number of nitrogens with one attached hydrogen (secondary N) is 1. The molecule has 0 aliphatic carbocycles. The smallest absolute Gasteiger partial charge is 0.276 e. The van der Waals surface area contributed by atoms with Gasteiger partial charge in [-0.3, -0.25) is 14.4 Å². The fourth-order valence-electron chi connectivity index (χ4n) is 5.43. The van der Waals surface area contributed by atoms with Crippen LogP contribution >= 0.6 is 11.6 Å². The first kappa shape index (κ1) is 23.8. The topological polar surface area (TPSA) is 129 Å². The normalized spacial score (nSPS) is 23.4. The number of amides is 2. The van der Waals surface area contributed by atoms with Gasteiger partial charge in [-0.1, -0.05) is 23.7 Å². The van der Waals surface area contributed by atoms with Crippen molar-refractivity contribution >= 4 is 33.4 Å². The minimum Gasteiger partial charge on any atom is -0.503 e. The van der Waals surface area contributed by atoms with Gasteiger partial charge >= 0.3 is 0 Å². The summed E-state index contributed by atoms with van der Waals surface area (Å²) >= 11 is 5.78. The Morgan fingerprint density at radius 2 is 2.03 bits per heavy atom. The molecule has 186 valence electrons. The maximum Gasteiger partial charge on any atom is 0.276 e. The Kier molecular flexibility index (Phi) is 5.46. The van der Waals surface area contributed by atoms with E-state index in [1.165, 1.54) is 32.0 Å². The van der Waals surface area contributed by atoms with Crippen LogP contribution in [-0.2, 0) is 23.0 Å². The van der Waals surface area contributed by atoms with Crippen LogP contribution < -0.4 is 10.7 Å². The van der Waals surface area contributed by atoms with Crippen LogP contribution in [0.4, 0.5) is 4.39 Å². The number of carbonyl (C=O) groups is 2. The van der Waals surface area contributed by atoms with E-state index < -0.39 is 57.1 Å². The number of nitrogens with zero attached hydrogens (tertiary/aromatic N) is 3. The molecular formula is C22H22ClFN4O6S. The minimum atomic E-state index is -3.67. The molecule has 1 aromatic heterocycles. The van der Waals surface area contributed by atoms with Gasteiger partial charge in [0.15, 0.2) is 11.4 Å². The molecule has 1 aromatic carbocycles. The summed E-state index contributed by atoms with van der Waals surface area (Å²) in [5, 5.41) is 13.1. The van der Waals surface area contributed by atoms with Crippen molar-refractivity contribution < 1.29 is 27.5 Å². The van der Waals surface area contributed by atoms with Crippen LogP contribution in [0.1, 0.15) is 51.5 Å². The Morgan fingerprint density at radius 3 is 2.71 bits per heavy atom. The molecule has 1 fully saturated rings. The van der Waals surface area contributed by atoms with Gasteiger partial charge in [-0.2, -0.15) is 4.31 Å². The molecule has 4 heterocycles. The predicted octanol–water partition coefficient (Wildman–Crippen LogP) is 1.21. The number of hydrogen-bond acceptors (Lipinski definition) is 6. The average Bonchev–Trinajstić information content (AvgIpc) is 3.36. The molecule has 0 saturated carbocycles. The number of benzene rings is 1. The number of aromatic hydroxyl groups is 1. The maximum atomic E-state index is 14.2. The molecule has 1 saturated heterocycles. The van der Waals surface area contributed by atoms with E-state index in [1.54, 1.807) is 6.92 Å². The molecule has 35 heavy (non-hydrogen) atoms. The molecular weight excluding hydrogens is 503 g/mol. The van der Waals surface area contributed by atoms with Gasteiger partial charge in [0.05, 0.1) is 17.3 Å². The third-order valence-electron chi connectivity index (χ3n) is 6.90. The molecule has 5 rings (SSSR count). The Morgan fingerprint density at radius 1 is 1.31 bits per heavy atom. The zero-order valence-corrected chi connectivity index (χ0v) is 20.4. The van der Waals surface area contributed by atoms with Gasteiger partial charge in [-0.05, 0) is 25.8 Å². The number of pyridine rings is 1. The number of aromatic nitrogens is 1. The number of sulfonamides is 1. The second kappa shape index (κ2) is 8.04. The fraction of sp³-hybridized carbons (Fsp3) is 0.409. The molecule has 2 amide bonds. The highest BCUT2D eigenvalue weighted by atomic mass is 35.5. The number of hydrogen-bond donors (Lipinski definition) is 2.